The third-order valence-corrected chi connectivity index (χ3v) is 9.40. The zero-order valence-corrected chi connectivity index (χ0v) is 26.6. The Morgan fingerprint density at radius 3 is 2.41 bits per heavy atom. The average Bonchev–Trinajstić information content (AvgIpc) is 3.71. The van der Waals surface area contributed by atoms with E-state index in [0.717, 1.165) is 59.4 Å². The zero-order chi connectivity index (χ0) is 31.2. The number of imidazole rings is 1. The minimum atomic E-state index is -0.949. The summed E-state index contributed by atoms with van der Waals surface area (Å²) in [7, 11) is 0. The number of hydrogen-bond acceptors (Lipinski definition) is 7. The van der Waals surface area contributed by atoms with Gasteiger partial charge in [-0.05, 0) is 105 Å². The summed E-state index contributed by atoms with van der Waals surface area (Å²) >= 11 is 0. The second-order valence-electron chi connectivity index (χ2n) is 12.7. The maximum Gasteiger partial charge on any atom is 0.323 e. The van der Waals surface area contributed by atoms with Crippen LogP contribution < -0.4 is 22.1 Å². The van der Waals surface area contributed by atoms with E-state index < -0.39 is 11.9 Å². The highest BCUT2D eigenvalue weighted by Gasteiger charge is 2.35. The second kappa shape index (κ2) is 12.8. The fourth-order valence-corrected chi connectivity index (χ4v) is 6.54. The van der Waals surface area contributed by atoms with Crippen molar-refractivity contribution in [1.82, 2.24) is 24.6 Å². The van der Waals surface area contributed by atoms with Gasteiger partial charge in [-0.25, -0.2) is 19.2 Å². The molecule has 2 aliphatic carbocycles. The molecule has 0 unspecified atom stereocenters. The fraction of sp³-hybridized carbons (Fsp3) is 0.382. The van der Waals surface area contributed by atoms with Gasteiger partial charge in [-0.1, -0.05) is 24.3 Å². The molecule has 3 heterocycles. The topological polar surface area (TPSA) is 168 Å². The molecule has 3 aromatic heterocycles. The second-order valence-corrected chi connectivity index (χ2v) is 12.7. The Labute approximate surface area is 272 Å². The number of nitrogens with one attached hydrogen (secondary N) is 2. The molecule has 7 rings (SSSR count). The van der Waals surface area contributed by atoms with E-state index in [9.17, 15) is 14.4 Å². The fourth-order valence-electron chi connectivity index (χ4n) is 6.54. The molecule has 0 saturated heterocycles. The van der Waals surface area contributed by atoms with Crippen molar-refractivity contribution in [3.05, 3.63) is 82.2 Å². The number of aromatic amines is 2. The molecular weight excluding hydrogens is 604 g/mol. The number of rotatable bonds is 8. The van der Waals surface area contributed by atoms with Crippen LogP contribution in [-0.2, 0) is 16.0 Å². The number of nitrogens with zero attached hydrogens (tertiary/aromatic N) is 4. The number of carbonyl (C=O) groups is 2. The highest BCUT2D eigenvalue weighted by Crippen LogP contribution is 2.38. The van der Waals surface area contributed by atoms with Crippen LogP contribution in [0.1, 0.15) is 61.4 Å². The molecule has 240 valence electrons. The van der Waals surface area contributed by atoms with Crippen LogP contribution in [-0.4, -0.2) is 49.0 Å². The van der Waals surface area contributed by atoms with Gasteiger partial charge < -0.3 is 21.4 Å². The number of hydrogen-bond donors (Lipinski definition) is 4. The van der Waals surface area contributed by atoms with Gasteiger partial charge in [0.2, 0.25) is 5.91 Å². The van der Waals surface area contributed by atoms with Gasteiger partial charge in [0, 0.05) is 23.6 Å². The van der Waals surface area contributed by atoms with Crippen LogP contribution >= 0.6 is 12.4 Å². The van der Waals surface area contributed by atoms with E-state index in [4.69, 9.17) is 16.5 Å². The number of H-pyrrole nitrogens is 2. The van der Waals surface area contributed by atoms with Crippen molar-refractivity contribution in [3.63, 3.8) is 0 Å². The van der Waals surface area contributed by atoms with E-state index in [2.05, 4.69) is 28.1 Å². The third-order valence-electron chi connectivity index (χ3n) is 9.40. The van der Waals surface area contributed by atoms with E-state index in [-0.39, 0.29) is 36.3 Å². The molecule has 2 amide bonds. The minimum Gasteiger partial charge on any atom is -0.330 e. The van der Waals surface area contributed by atoms with Crippen molar-refractivity contribution in [2.75, 3.05) is 11.4 Å². The summed E-state index contributed by atoms with van der Waals surface area (Å²) in [5.74, 6) is 0.765. The van der Waals surface area contributed by atoms with Crippen molar-refractivity contribution in [2.24, 2.45) is 23.3 Å². The van der Waals surface area contributed by atoms with E-state index in [0.29, 0.717) is 47.9 Å². The lowest BCUT2D eigenvalue weighted by atomic mass is 9.81. The molecule has 0 bridgehead atoms. The van der Waals surface area contributed by atoms with Gasteiger partial charge in [-0.2, -0.15) is 5.10 Å². The van der Waals surface area contributed by atoms with E-state index >= 15 is 0 Å². The molecule has 46 heavy (non-hydrogen) atoms. The first kappa shape index (κ1) is 31.7. The van der Waals surface area contributed by atoms with Gasteiger partial charge in [-0.15, -0.1) is 12.4 Å². The number of nitrogens with two attached hydrogens (primary N) is 2. The van der Waals surface area contributed by atoms with Gasteiger partial charge in [0.15, 0.2) is 11.5 Å². The summed E-state index contributed by atoms with van der Waals surface area (Å²) in [6.07, 6.45) is 7.63. The predicted molar refractivity (Wildman–Crippen MR) is 180 cm³/mol. The Morgan fingerprint density at radius 2 is 1.72 bits per heavy atom. The van der Waals surface area contributed by atoms with Crippen LogP contribution in [0.5, 0.6) is 0 Å². The minimum absolute atomic E-state index is 0. The molecule has 2 fully saturated rings. The smallest absolute Gasteiger partial charge is 0.323 e. The van der Waals surface area contributed by atoms with Crippen molar-refractivity contribution in [2.45, 2.75) is 63.8 Å². The number of benzene rings is 2. The molecular formula is C34H39ClN8O3. The molecule has 2 aromatic carbocycles. The number of imide groups is 1. The lowest BCUT2D eigenvalue weighted by Gasteiger charge is -2.32. The van der Waals surface area contributed by atoms with E-state index in [1.807, 2.05) is 35.0 Å². The number of pyridine rings is 1. The number of fused-ring (bicyclic) bond motifs is 2. The highest BCUT2D eigenvalue weighted by atomic mass is 35.5. The first-order valence-corrected chi connectivity index (χ1v) is 15.8. The van der Waals surface area contributed by atoms with Crippen LogP contribution in [0.4, 0.5) is 5.69 Å². The Morgan fingerprint density at radius 1 is 1.00 bits per heavy atom. The Balaban J connectivity index is 0.00000372. The molecule has 0 radical (unpaired) electrons. The van der Waals surface area contributed by atoms with E-state index in [1.54, 1.807) is 18.2 Å². The summed E-state index contributed by atoms with van der Waals surface area (Å²) in [5, 5.41) is 4.69. The molecule has 0 aliphatic heterocycles. The number of aryl methyl sites for hydroxylation is 1. The molecule has 11 nitrogen and oxygen atoms in total. The number of halogens is 1. The summed E-state index contributed by atoms with van der Waals surface area (Å²) in [4.78, 5) is 51.1. The monoisotopic (exact) mass is 642 g/mol. The number of carbonyl (C=O) groups excluding carboxylic acids is 2. The van der Waals surface area contributed by atoms with Crippen LogP contribution in [0, 0.1) is 18.8 Å². The standard InChI is InChI=1S/C34H38N8O3.ClH/c1-19-14-30-39-31(23-10-11-23)40-41(30)18-26(19)22-6-2-20(3-7-22)15-27(36)33(44)42(32(43)24-8-4-21(17-35)5-9-24)25-12-13-28-29(16-25)38-34(45)37-28;/h2-3,6-7,12-14,16,18,21,23-24,27H,4-5,8-11,15,17,35-36H2,1H3,(H2,37,38,45);1H/t21-,24-,27-;/m0./s1. The van der Waals surface area contributed by atoms with Gasteiger partial charge >= 0.3 is 5.69 Å². The van der Waals surface area contributed by atoms with Gasteiger partial charge in [0.05, 0.1) is 22.8 Å². The van der Waals surface area contributed by atoms with Crippen LogP contribution in [0.15, 0.2) is 59.5 Å². The van der Waals surface area contributed by atoms with Crippen molar-refractivity contribution >= 4 is 46.6 Å². The average molecular weight is 643 g/mol. The van der Waals surface area contributed by atoms with Gasteiger partial charge in [0.1, 0.15) is 0 Å². The Kier molecular flexibility index (Phi) is 8.82. The normalized spacial score (nSPS) is 18.8. The molecule has 6 N–H and O–H groups in total. The molecule has 1 atom stereocenters. The lowest BCUT2D eigenvalue weighted by Crippen LogP contribution is -2.50. The van der Waals surface area contributed by atoms with Crippen molar-refractivity contribution in [1.29, 1.82) is 0 Å². The van der Waals surface area contributed by atoms with Crippen molar-refractivity contribution in [3.8, 4) is 11.1 Å². The summed E-state index contributed by atoms with van der Waals surface area (Å²) in [5.41, 5.74) is 18.5. The maximum atomic E-state index is 14.0. The third kappa shape index (κ3) is 6.22. The van der Waals surface area contributed by atoms with Crippen LogP contribution in [0.2, 0.25) is 0 Å². The number of aromatic nitrogens is 5. The number of amides is 2. The largest absolute Gasteiger partial charge is 0.330 e. The molecule has 2 saturated carbocycles. The Hall–Kier alpha value is -4.32. The number of anilines is 1. The van der Waals surface area contributed by atoms with Gasteiger partial charge in [-0.3, -0.25) is 9.59 Å². The summed E-state index contributed by atoms with van der Waals surface area (Å²) in [6.45, 7) is 2.67. The zero-order valence-electron chi connectivity index (χ0n) is 25.7. The maximum absolute atomic E-state index is 14.0. The van der Waals surface area contributed by atoms with E-state index in [1.165, 1.54) is 4.90 Å². The predicted octanol–water partition coefficient (Wildman–Crippen LogP) is 4.37. The lowest BCUT2D eigenvalue weighted by molar-refractivity contribution is -0.130. The molecule has 5 aromatic rings. The Bertz CT molecular complexity index is 1950. The van der Waals surface area contributed by atoms with Crippen molar-refractivity contribution < 1.29 is 9.59 Å². The summed E-state index contributed by atoms with van der Waals surface area (Å²) < 4.78 is 1.85. The molecule has 12 heteroatoms. The van der Waals surface area contributed by atoms with Crippen LogP contribution in [0.3, 0.4) is 0 Å². The molecule has 0 spiro atoms. The van der Waals surface area contributed by atoms with Gasteiger partial charge in [0.25, 0.3) is 5.91 Å². The van der Waals surface area contributed by atoms with Crippen LogP contribution in [0.25, 0.3) is 27.8 Å². The first-order valence-electron chi connectivity index (χ1n) is 15.8. The first-order chi connectivity index (χ1) is 21.8. The summed E-state index contributed by atoms with van der Waals surface area (Å²) in [6, 6.07) is 14.1. The SMILES string of the molecule is Cc1cc2nc(C3CC3)nn2cc1-c1ccc(C[C@H](N)C(=O)N(c2ccc3[nH]c(=O)[nH]c3c2)C(=O)[C@H]2CC[C@H](CN)CC2)cc1.Cl. The highest BCUT2D eigenvalue weighted by molar-refractivity contribution is 6.17. The molecule has 2 aliphatic rings. The quantitative estimate of drug-likeness (QED) is 0.195.